The molecule has 1 heterocycles. The number of nitrogens with zero attached hydrogens (tertiary/aromatic N) is 1. The third kappa shape index (κ3) is 8.57. The highest BCUT2D eigenvalue weighted by Gasteiger charge is 2.30. The zero-order valence-corrected chi connectivity index (χ0v) is 24.8. The second kappa shape index (κ2) is 15.3. The van der Waals surface area contributed by atoms with Crippen LogP contribution in [-0.4, -0.2) is 41.2 Å². The van der Waals surface area contributed by atoms with Gasteiger partial charge < -0.3 is 19.3 Å². The first-order chi connectivity index (χ1) is 21.9. The number of Topliss-reactive ketones (excluding diaryl/α,β-unsaturated/α-hetero) is 2. The van der Waals surface area contributed by atoms with Crippen molar-refractivity contribution in [1.29, 1.82) is 0 Å². The Morgan fingerprint density at radius 2 is 1.57 bits per heavy atom. The van der Waals surface area contributed by atoms with E-state index in [2.05, 4.69) is 10.5 Å². The molecule has 0 aliphatic rings. The molecule has 4 rings (SSSR count). The molecule has 46 heavy (non-hydrogen) atoms. The normalized spacial score (nSPS) is 12.2. The molecule has 0 aliphatic heterocycles. The number of amides is 1. The Kier molecular flexibility index (Phi) is 11.3. The van der Waals surface area contributed by atoms with Gasteiger partial charge in [-0.1, -0.05) is 66.1 Å². The fourth-order valence-corrected chi connectivity index (χ4v) is 4.34. The maximum atomic E-state index is 14.0. The van der Waals surface area contributed by atoms with Crippen molar-refractivity contribution in [3.8, 4) is 17.1 Å². The summed E-state index contributed by atoms with van der Waals surface area (Å²) < 4.78 is 70.4. The zero-order chi connectivity index (χ0) is 33.4. The molecule has 1 amide bonds. The SMILES string of the molecule is C[C@H](CC(=O)c1cc(-c2ccccc2Cl)on1)C(=O)N[C@@H](CC(=O)OCc1ccccc1)C(=O)COc1c(F)c(F)cc(F)c1F. The predicted octanol–water partition coefficient (Wildman–Crippen LogP) is 6.03. The molecule has 14 heteroatoms. The highest BCUT2D eigenvalue weighted by molar-refractivity contribution is 6.33. The topological polar surface area (TPSA) is 125 Å². The lowest BCUT2D eigenvalue weighted by molar-refractivity contribution is -0.147. The minimum Gasteiger partial charge on any atom is -0.479 e. The van der Waals surface area contributed by atoms with E-state index in [0.717, 1.165) is 0 Å². The first-order valence-corrected chi connectivity index (χ1v) is 14.1. The number of rotatable bonds is 14. The van der Waals surface area contributed by atoms with Crippen LogP contribution in [0.3, 0.4) is 0 Å². The smallest absolute Gasteiger partial charge is 0.308 e. The molecule has 0 bridgehead atoms. The van der Waals surface area contributed by atoms with E-state index in [1.807, 2.05) is 0 Å². The van der Waals surface area contributed by atoms with Crippen LogP contribution in [0.4, 0.5) is 17.6 Å². The van der Waals surface area contributed by atoms with E-state index < -0.39 is 83.9 Å². The van der Waals surface area contributed by atoms with E-state index in [9.17, 15) is 36.7 Å². The fourth-order valence-electron chi connectivity index (χ4n) is 4.11. The molecular weight excluding hydrogens is 636 g/mol. The number of nitrogens with one attached hydrogen (secondary N) is 1. The quantitative estimate of drug-likeness (QED) is 0.0753. The number of ether oxygens (including phenoxy) is 2. The number of hydrogen-bond donors (Lipinski definition) is 1. The van der Waals surface area contributed by atoms with Crippen LogP contribution < -0.4 is 10.1 Å². The van der Waals surface area contributed by atoms with E-state index in [4.69, 9.17) is 25.6 Å². The van der Waals surface area contributed by atoms with Gasteiger partial charge in [0.1, 0.15) is 24.9 Å². The van der Waals surface area contributed by atoms with Gasteiger partial charge in [0.15, 0.2) is 34.7 Å². The average molecular weight is 661 g/mol. The van der Waals surface area contributed by atoms with Crippen LogP contribution in [0.2, 0.25) is 5.02 Å². The molecule has 240 valence electrons. The Bertz CT molecular complexity index is 1720. The van der Waals surface area contributed by atoms with Gasteiger partial charge in [-0.05, 0) is 17.7 Å². The second-order valence-electron chi connectivity index (χ2n) is 10.0. The monoisotopic (exact) mass is 660 g/mol. The maximum Gasteiger partial charge on any atom is 0.308 e. The molecule has 0 fully saturated rings. The molecule has 0 saturated heterocycles. The standard InChI is InChI=1S/C32H25ClF4N2O7/c1-17(11-25(40)24-13-27(46-39-24)19-9-5-6-10-20(19)33)32(43)38-23(14-28(42)44-15-18-7-3-2-4-8-18)26(41)16-45-31-29(36)21(34)12-22(35)30(31)37/h2-10,12-13,17,23H,11,14-16H2,1H3,(H,38,43)/t17-,23+/m1/s1. The molecule has 3 aromatic carbocycles. The molecule has 1 N–H and O–H groups in total. The summed E-state index contributed by atoms with van der Waals surface area (Å²) in [5.41, 5.74) is 1.03. The number of carbonyl (C=O) groups is 4. The Morgan fingerprint density at radius 1 is 0.913 bits per heavy atom. The Morgan fingerprint density at radius 3 is 2.24 bits per heavy atom. The number of esters is 1. The lowest BCUT2D eigenvalue weighted by Gasteiger charge is -2.20. The van der Waals surface area contributed by atoms with E-state index in [1.165, 1.54) is 13.0 Å². The second-order valence-corrected chi connectivity index (χ2v) is 10.5. The molecule has 2 atom stereocenters. The molecule has 9 nitrogen and oxygen atoms in total. The van der Waals surface area contributed by atoms with Gasteiger partial charge in [-0.3, -0.25) is 19.2 Å². The summed E-state index contributed by atoms with van der Waals surface area (Å²) in [7, 11) is 0. The molecule has 0 radical (unpaired) electrons. The molecule has 0 saturated carbocycles. The van der Waals surface area contributed by atoms with Crippen LogP contribution in [0, 0.1) is 29.2 Å². The predicted molar refractivity (Wildman–Crippen MR) is 155 cm³/mol. The minimum atomic E-state index is -1.88. The third-order valence-corrected chi connectivity index (χ3v) is 6.95. The van der Waals surface area contributed by atoms with Crippen molar-refractivity contribution >= 4 is 35.0 Å². The molecule has 4 aromatic rings. The summed E-state index contributed by atoms with van der Waals surface area (Å²) in [4.78, 5) is 51.5. The highest BCUT2D eigenvalue weighted by atomic mass is 35.5. The summed E-state index contributed by atoms with van der Waals surface area (Å²) in [5.74, 6) is -13.1. The number of aromatic nitrogens is 1. The van der Waals surface area contributed by atoms with Crippen molar-refractivity contribution < 1.29 is 50.7 Å². The van der Waals surface area contributed by atoms with Crippen LogP contribution in [0.1, 0.15) is 35.8 Å². The summed E-state index contributed by atoms with van der Waals surface area (Å²) in [6.45, 7) is 0.0157. The summed E-state index contributed by atoms with van der Waals surface area (Å²) in [5, 5.41) is 6.41. The van der Waals surface area contributed by atoms with Crippen LogP contribution >= 0.6 is 11.6 Å². The first kappa shape index (κ1) is 33.8. The van der Waals surface area contributed by atoms with Crippen LogP contribution in [0.5, 0.6) is 5.75 Å². The van der Waals surface area contributed by atoms with E-state index in [-0.39, 0.29) is 24.1 Å². The van der Waals surface area contributed by atoms with Gasteiger partial charge in [0.05, 0.1) is 11.4 Å². The molecule has 0 spiro atoms. The molecular formula is C32H25ClF4N2O7. The van der Waals surface area contributed by atoms with Crippen molar-refractivity contribution in [2.75, 3.05) is 6.61 Å². The number of benzene rings is 3. The Hall–Kier alpha value is -5.04. The van der Waals surface area contributed by atoms with Gasteiger partial charge in [0.2, 0.25) is 17.5 Å². The van der Waals surface area contributed by atoms with Gasteiger partial charge in [0, 0.05) is 30.0 Å². The van der Waals surface area contributed by atoms with Crippen LogP contribution in [0.15, 0.2) is 71.3 Å². The highest BCUT2D eigenvalue weighted by Crippen LogP contribution is 2.29. The molecule has 0 aliphatic carbocycles. The third-order valence-electron chi connectivity index (χ3n) is 6.62. The van der Waals surface area contributed by atoms with E-state index in [1.54, 1.807) is 54.6 Å². The Labute approximate surface area is 264 Å². The van der Waals surface area contributed by atoms with Crippen LogP contribution in [0.25, 0.3) is 11.3 Å². The van der Waals surface area contributed by atoms with Crippen molar-refractivity contribution in [3.05, 3.63) is 106 Å². The average Bonchev–Trinajstić information content (AvgIpc) is 3.53. The van der Waals surface area contributed by atoms with E-state index >= 15 is 0 Å². The molecule has 0 unspecified atom stereocenters. The van der Waals surface area contributed by atoms with E-state index in [0.29, 0.717) is 16.1 Å². The minimum absolute atomic E-state index is 0.0372. The summed E-state index contributed by atoms with van der Waals surface area (Å²) >= 11 is 6.16. The van der Waals surface area contributed by atoms with Gasteiger partial charge in [-0.15, -0.1) is 0 Å². The van der Waals surface area contributed by atoms with Crippen molar-refractivity contribution in [2.24, 2.45) is 5.92 Å². The number of hydrogen-bond acceptors (Lipinski definition) is 8. The van der Waals surface area contributed by atoms with Crippen molar-refractivity contribution in [1.82, 2.24) is 10.5 Å². The number of ketones is 2. The summed E-state index contributed by atoms with van der Waals surface area (Å²) in [6, 6.07) is 14.9. The molecule has 1 aromatic heterocycles. The van der Waals surface area contributed by atoms with Gasteiger partial charge in [-0.25, -0.2) is 8.78 Å². The summed E-state index contributed by atoms with van der Waals surface area (Å²) in [6.07, 6.45) is -1.14. The van der Waals surface area contributed by atoms with Crippen LogP contribution in [-0.2, 0) is 25.7 Å². The van der Waals surface area contributed by atoms with Gasteiger partial charge in [-0.2, -0.15) is 8.78 Å². The lowest BCUT2D eigenvalue weighted by Crippen LogP contribution is -2.46. The van der Waals surface area contributed by atoms with Gasteiger partial charge in [0.25, 0.3) is 0 Å². The van der Waals surface area contributed by atoms with Gasteiger partial charge >= 0.3 is 5.97 Å². The van der Waals surface area contributed by atoms with Crippen molar-refractivity contribution in [2.45, 2.75) is 32.4 Å². The number of halogens is 5. The largest absolute Gasteiger partial charge is 0.479 e. The number of carbonyl (C=O) groups excluding carboxylic acids is 4. The Balaban J connectivity index is 1.43. The fraction of sp³-hybridized carbons (Fsp3) is 0.219. The first-order valence-electron chi connectivity index (χ1n) is 13.7. The van der Waals surface area contributed by atoms with Crippen molar-refractivity contribution in [3.63, 3.8) is 0 Å². The zero-order valence-electron chi connectivity index (χ0n) is 24.0. The maximum absolute atomic E-state index is 14.0. The lowest BCUT2D eigenvalue weighted by atomic mass is 10.00.